The van der Waals surface area contributed by atoms with Crippen LogP contribution < -0.4 is 4.74 Å². The topological polar surface area (TPSA) is 66.8 Å². The molecule has 0 radical (unpaired) electrons. The first-order valence-electron chi connectivity index (χ1n) is 9.34. The quantitative estimate of drug-likeness (QED) is 0.662. The Morgan fingerprint density at radius 1 is 1.03 bits per heavy atom. The van der Waals surface area contributed by atoms with Crippen molar-refractivity contribution in [2.45, 2.75) is 52.8 Å². The molecule has 0 aliphatic carbocycles. The van der Waals surface area contributed by atoms with E-state index in [9.17, 15) is 14.0 Å². The fraction of sp³-hybridized carbons (Fsp3) is 0.364. The third-order valence-electron chi connectivity index (χ3n) is 4.45. The Bertz CT molecular complexity index is 906. The van der Waals surface area contributed by atoms with E-state index in [1.807, 2.05) is 27.7 Å². The molecule has 5 nitrogen and oxygen atoms in total. The first-order valence-corrected chi connectivity index (χ1v) is 9.72. The lowest BCUT2D eigenvalue weighted by Gasteiger charge is -2.31. The van der Waals surface area contributed by atoms with Crippen LogP contribution in [0.2, 0.25) is 5.02 Å². The maximum absolute atomic E-state index is 14.9. The summed E-state index contributed by atoms with van der Waals surface area (Å²) in [7, 11) is 0. The third kappa shape index (κ3) is 5.26. The van der Waals surface area contributed by atoms with Gasteiger partial charge in [0.15, 0.2) is 6.10 Å². The monoisotopic (exact) mass is 421 g/mol. The number of rotatable bonds is 7. The van der Waals surface area contributed by atoms with Gasteiger partial charge in [-0.2, -0.15) is 0 Å². The van der Waals surface area contributed by atoms with Crippen molar-refractivity contribution in [1.29, 1.82) is 0 Å². The van der Waals surface area contributed by atoms with Crippen molar-refractivity contribution in [3.63, 3.8) is 0 Å². The largest absolute Gasteiger partial charge is 0.479 e. The van der Waals surface area contributed by atoms with Gasteiger partial charge in [-0.15, -0.1) is 0 Å². The van der Waals surface area contributed by atoms with Crippen LogP contribution in [0.25, 0.3) is 11.1 Å². The molecule has 0 aromatic heterocycles. The number of halogens is 2. The van der Waals surface area contributed by atoms with Crippen LogP contribution >= 0.6 is 11.6 Å². The fourth-order valence-electron chi connectivity index (χ4n) is 3.13. The van der Waals surface area contributed by atoms with Crippen molar-refractivity contribution in [2.75, 3.05) is 0 Å². The van der Waals surface area contributed by atoms with E-state index in [1.54, 1.807) is 23.1 Å². The predicted molar refractivity (Wildman–Crippen MR) is 111 cm³/mol. The van der Waals surface area contributed by atoms with Crippen molar-refractivity contribution in [3.8, 4) is 16.9 Å². The second kappa shape index (κ2) is 9.27. The van der Waals surface area contributed by atoms with Crippen molar-refractivity contribution >= 4 is 23.5 Å². The normalized spacial score (nSPS) is 12.2. The molecule has 2 aromatic rings. The Kier molecular flexibility index (Phi) is 7.25. The lowest BCUT2D eigenvalue weighted by atomic mass is 10.0. The molecule has 2 aromatic carbocycles. The van der Waals surface area contributed by atoms with E-state index in [-0.39, 0.29) is 29.3 Å². The van der Waals surface area contributed by atoms with Crippen molar-refractivity contribution < 1.29 is 23.8 Å². The Morgan fingerprint density at radius 2 is 1.66 bits per heavy atom. The zero-order valence-corrected chi connectivity index (χ0v) is 17.8. The number of benzene rings is 2. The number of amides is 1. The average molecular weight is 422 g/mol. The molecule has 0 spiro atoms. The van der Waals surface area contributed by atoms with Crippen LogP contribution in [0.1, 0.15) is 45.0 Å². The van der Waals surface area contributed by atoms with Crippen LogP contribution in [0.4, 0.5) is 4.39 Å². The minimum absolute atomic E-state index is 0.0282. The summed E-state index contributed by atoms with van der Waals surface area (Å²) in [4.78, 5) is 25.5. The van der Waals surface area contributed by atoms with Crippen LogP contribution in [-0.4, -0.2) is 40.1 Å². The van der Waals surface area contributed by atoms with E-state index in [0.29, 0.717) is 16.1 Å². The zero-order valence-electron chi connectivity index (χ0n) is 17.1. The summed E-state index contributed by atoms with van der Waals surface area (Å²) in [6, 6.07) is 8.76. The number of carboxylic acids is 1. The number of carboxylic acid groups (broad SMARTS) is 1. The molecule has 2 rings (SSSR count). The van der Waals surface area contributed by atoms with Gasteiger partial charge in [-0.3, -0.25) is 4.79 Å². The van der Waals surface area contributed by atoms with Crippen LogP contribution in [0.15, 0.2) is 36.4 Å². The highest BCUT2D eigenvalue weighted by Gasteiger charge is 2.25. The maximum Gasteiger partial charge on any atom is 0.344 e. The molecular weight excluding hydrogens is 397 g/mol. The molecule has 0 saturated heterocycles. The highest BCUT2D eigenvalue weighted by atomic mass is 35.5. The van der Waals surface area contributed by atoms with Gasteiger partial charge in [0, 0.05) is 22.7 Å². The molecule has 29 heavy (non-hydrogen) atoms. The second-order valence-electron chi connectivity index (χ2n) is 7.33. The molecular formula is C22H25ClFNO4. The Balaban J connectivity index is 2.46. The minimum Gasteiger partial charge on any atom is -0.479 e. The number of ether oxygens (including phenoxy) is 1. The molecule has 0 heterocycles. The van der Waals surface area contributed by atoms with Crippen LogP contribution in [0.5, 0.6) is 5.75 Å². The van der Waals surface area contributed by atoms with Gasteiger partial charge in [0.05, 0.1) is 5.56 Å². The SMILES string of the molecule is CC(C)N(C(=O)c1ccc(-c2cc(Cl)ccc2O[C@@H](C)C(=O)O)cc1F)C(C)C. The highest BCUT2D eigenvalue weighted by molar-refractivity contribution is 6.31. The molecule has 0 saturated carbocycles. The summed E-state index contributed by atoms with van der Waals surface area (Å²) in [6.07, 6.45) is -1.09. The number of hydrogen-bond acceptors (Lipinski definition) is 3. The average Bonchev–Trinajstić information content (AvgIpc) is 2.62. The lowest BCUT2D eigenvalue weighted by Crippen LogP contribution is -2.42. The molecule has 0 aliphatic rings. The van der Waals surface area contributed by atoms with Gasteiger partial charge >= 0.3 is 5.97 Å². The van der Waals surface area contributed by atoms with Gasteiger partial charge in [-0.25, -0.2) is 9.18 Å². The summed E-state index contributed by atoms with van der Waals surface area (Å²) in [5.41, 5.74) is 0.836. The molecule has 0 bridgehead atoms. The Labute approximate surface area is 175 Å². The van der Waals surface area contributed by atoms with Gasteiger partial charge in [-0.05, 0) is 70.5 Å². The Hall–Kier alpha value is -2.60. The maximum atomic E-state index is 14.9. The summed E-state index contributed by atoms with van der Waals surface area (Å²) < 4.78 is 20.4. The molecule has 156 valence electrons. The van der Waals surface area contributed by atoms with E-state index in [1.165, 1.54) is 25.1 Å². The first kappa shape index (κ1) is 22.7. The van der Waals surface area contributed by atoms with E-state index in [4.69, 9.17) is 21.4 Å². The number of nitrogens with zero attached hydrogens (tertiary/aromatic N) is 1. The van der Waals surface area contributed by atoms with E-state index >= 15 is 0 Å². The highest BCUT2D eigenvalue weighted by Crippen LogP contribution is 2.34. The first-order chi connectivity index (χ1) is 13.5. The van der Waals surface area contributed by atoms with E-state index in [2.05, 4.69) is 0 Å². The summed E-state index contributed by atoms with van der Waals surface area (Å²) >= 11 is 6.07. The predicted octanol–water partition coefficient (Wildman–Crippen LogP) is 5.26. The number of aliphatic carboxylic acids is 1. The molecule has 1 atom stereocenters. The van der Waals surface area contributed by atoms with Crippen molar-refractivity contribution in [3.05, 3.63) is 52.8 Å². The van der Waals surface area contributed by atoms with Crippen molar-refractivity contribution in [2.24, 2.45) is 0 Å². The lowest BCUT2D eigenvalue weighted by molar-refractivity contribution is -0.144. The molecule has 0 aliphatic heterocycles. The van der Waals surface area contributed by atoms with Gasteiger partial charge < -0.3 is 14.7 Å². The third-order valence-corrected chi connectivity index (χ3v) is 4.69. The summed E-state index contributed by atoms with van der Waals surface area (Å²) in [6.45, 7) is 8.91. The van der Waals surface area contributed by atoms with E-state index < -0.39 is 17.9 Å². The zero-order chi connectivity index (χ0) is 21.9. The Morgan fingerprint density at radius 3 is 2.17 bits per heavy atom. The van der Waals surface area contributed by atoms with Gasteiger partial charge in [0.2, 0.25) is 0 Å². The number of carbonyl (C=O) groups excluding carboxylic acids is 1. The fourth-order valence-corrected chi connectivity index (χ4v) is 3.30. The second-order valence-corrected chi connectivity index (χ2v) is 7.77. The smallest absolute Gasteiger partial charge is 0.344 e. The summed E-state index contributed by atoms with van der Waals surface area (Å²) in [5, 5.41) is 9.48. The van der Waals surface area contributed by atoms with Crippen molar-refractivity contribution in [1.82, 2.24) is 4.90 Å². The van der Waals surface area contributed by atoms with Gasteiger partial charge in [0.25, 0.3) is 5.91 Å². The van der Waals surface area contributed by atoms with Crippen LogP contribution in [0.3, 0.4) is 0 Å². The molecule has 0 fully saturated rings. The summed E-state index contributed by atoms with van der Waals surface area (Å²) in [5.74, 6) is -1.92. The van der Waals surface area contributed by atoms with E-state index in [0.717, 1.165) is 0 Å². The molecule has 1 N–H and O–H groups in total. The number of carbonyl (C=O) groups is 2. The van der Waals surface area contributed by atoms with Gasteiger partial charge in [-0.1, -0.05) is 17.7 Å². The molecule has 1 amide bonds. The standard InChI is InChI=1S/C22H25ClFNO4/c1-12(2)25(13(3)4)21(26)17-8-6-15(10-19(17)24)18-11-16(23)7-9-20(18)29-14(5)22(27)28/h6-14H,1-5H3,(H,27,28)/t14-/m0/s1. The van der Waals surface area contributed by atoms with Crippen LogP contribution in [0, 0.1) is 5.82 Å². The minimum atomic E-state index is -1.12. The molecule has 7 heteroatoms. The number of hydrogen-bond donors (Lipinski definition) is 1. The van der Waals surface area contributed by atoms with Gasteiger partial charge in [0.1, 0.15) is 11.6 Å². The molecule has 0 unspecified atom stereocenters. The van der Waals surface area contributed by atoms with Crippen LogP contribution in [-0.2, 0) is 4.79 Å².